The molecule has 1 N–H and O–H groups in total. The van der Waals surface area contributed by atoms with Gasteiger partial charge < -0.3 is 10.0 Å². The van der Waals surface area contributed by atoms with Crippen molar-refractivity contribution >= 4 is 0 Å². The average molecular weight is 171 g/mol. The first kappa shape index (κ1) is 10.0. The predicted molar refractivity (Wildman–Crippen MR) is 51.2 cm³/mol. The summed E-state index contributed by atoms with van der Waals surface area (Å²) in [6, 6.07) is 0.736. The van der Waals surface area contributed by atoms with Gasteiger partial charge in [0.1, 0.15) is 0 Å². The summed E-state index contributed by atoms with van der Waals surface area (Å²) in [6.45, 7) is 1.60. The van der Waals surface area contributed by atoms with Crippen LogP contribution in [-0.2, 0) is 0 Å². The molecule has 1 fully saturated rings. The van der Waals surface area contributed by atoms with E-state index in [0.717, 1.165) is 12.5 Å². The third-order valence-corrected chi connectivity index (χ3v) is 2.87. The van der Waals surface area contributed by atoms with Crippen LogP contribution in [0.2, 0.25) is 0 Å². The molecule has 0 spiro atoms. The lowest BCUT2D eigenvalue weighted by Crippen LogP contribution is -2.31. The summed E-state index contributed by atoms with van der Waals surface area (Å²) < 4.78 is 0. The molecule has 1 saturated heterocycles. The fourth-order valence-corrected chi connectivity index (χ4v) is 2.01. The number of nitrogens with zero attached hydrogens (tertiary/aromatic N) is 1. The summed E-state index contributed by atoms with van der Waals surface area (Å²) in [5, 5.41) is 8.73. The minimum absolute atomic E-state index is 0.352. The smallest absolute Gasteiger partial charge is 0.0431 e. The molecule has 1 heterocycles. The van der Waals surface area contributed by atoms with E-state index in [-0.39, 0.29) is 0 Å². The minimum atomic E-state index is 0.352. The van der Waals surface area contributed by atoms with Crippen LogP contribution in [0.25, 0.3) is 0 Å². The average Bonchev–Trinajstić information content (AvgIpc) is 2.27. The van der Waals surface area contributed by atoms with Gasteiger partial charge in [-0.25, -0.2) is 0 Å². The summed E-state index contributed by atoms with van der Waals surface area (Å²) in [5.74, 6) is 0. The van der Waals surface area contributed by atoms with Gasteiger partial charge in [-0.05, 0) is 39.3 Å². The maximum atomic E-state index is 8.73. The van der Waals surface area contributed by atoms with Gasteiger partial charge in [-0.3, -0.25) is 0 Å². The van der Waals surface area contributed by atoms with E-state index >= 15 is 0 Å². The van der Waals surface area contributed by atoms with Crippen LogP contribution in [0.5, 0.6) is 0 Å². The van der Waals surface area contributed by atoms with Crippen molar-refractivity contribution in [2.75, 3.05) is 20.2 Å². The first-order valence-corrected chi connectivity index (χ1v) is 5.15. The van der Waals surface area contributed by atoms with Gasteiger partial charge in [-0.2, -0.15) is 0 Å². The maximum Gasteiger partial charge on any atom is 0.0431 e. The molecule has 0 aliphatic carbocycles. The van der Waals surface area contributed by atoms with Crippen molar-refractivity contribution in [3.63, 3.8) is 0 Å². The molecule has 0 bridgehead atoms. The Morgan fingerprint density at radius 1 is 1.33 bits per heavy atom. The largest absolute Gasteiger partial charge is 0.396 e. The van der Waals surface area contributed by atoms with Crippen LogP contribution in [0.3, 0.4) is 0 Å². The van der Waals surface area contributed by atoms with Crippen molar-refractivity contribution < 1.29 is 5.11 Å². The highest BCUT2D eigenvalue weighted by Crippen LogP contribution is 2.18. The highest BCUT2D eigenvalue weighted by atomic mass is 16.2. The Morgan fingerprint density at radius 2 is 2.17 bits per heavy atom. The predicted octanol–water partition coefficient (Wildman–Crippen LogP) is 1.63. The summed E-state index contributed by atoms with van der Waals surface area (Å²) in [6.07, 6.45) is 7.59. The van der Waals surface area contributed by atoms with Gasteiger partial charge in [0.05, 0.1) is 0 Å². The Morgan fingerprint density at radius 3 is 2.92 bits per heavy atom. The lowest BCUT2D eigenvalue weighted by atomic mass is 10.1. The van der Waals surface area contributed by atoms with E-state index in [1.54, 1.807) is 0 Å². The Labute approximate surface area is 75.6 Å². The molecule has 0 saturated carbocycles. The number of aliphatic hydroxyl groups is 1. The zero-order valence-corrected chi connectivity index (χ0v) is 8.13. The highest BCUT2D eigenvalue weighted by Gasteiger charge is 2.16. The zero-order valence-electron chi connectivity index (χ0n) is 8.13. The molecule has 2 heteroatoms. The van der Waals surface area contributed by atoms with E-state index < -0.39 is 0 Å². The van der Waals surface area contributed by atoms with Crippen molar-refractivity contribution in [1.82, 2.24) is 4.90 Å². The van der Waals surface area contributed by atoms with Crippen molar-refractivity contribution in [2.45, 2.75) is 44.6 Å². The van der Waals surface area contributed by atoms with Crippen LogP contribution in [0.4, 0.5) is 0 Å². The van der Waals surface area contributed by atoms with Gasteiger partial charge in [0, 0.05) is 12.6 Å². The van der Waals surface area contributed by atoms with Crippen molar-refractivity contribution in [1.29, 1.82) is 0 Å². The molecule has 1 aliphatic heterocycles. The van der Waals surface area contributed by atoms with E-state index in [9.17, 15) is 0 Å². The molecule has 1 aliphatic rings. The molecule has 0 radical (unpaired) electrons. The van der Waals surface area contributed by atoms with E-state index in [0.29, 0.717) is 6.61 Å². The molecule has 72 valence electrons. The van der Waals surface area contributed by atoms with Crippen LogP contribution in [-0.4, -0.2) is 36.2 Å². The molecule has 1 unspecified atom stereocenters. The molecule has 1 atom stereocenters. The Balaban J connectivity index is 2.26. The fourth-order valence-electron chi connectivity index (χ4n) is 2.01. The summed E-state index contributed by atoms with van der Waals surface area (Å²) in [7, 11) is 2.22. The van der Waals surface area contributed by atoms with E-state index in [4.69, 9.17) is 5.11 Å². The van der Waals surface area contributed by atoms with Crippen LogP contribution >= 0.6 is 0 Å². The van der Waals surface area contributed by atoms with Crippen LogP contribution < -0.4 is 0 Å². The highest BCUT2D eigenvalue weighted by molar-refractivity contribution is 4.72. The first-order valence-electron chi connectivity index (χ1n) is 5.15. The molecular weight excluding hydrogens is 150 g/mol. The third kappa shape index (κ3) is 3.11. The second kappa shape index (κ2) is 5.55. The monoisotopic (exact) mass is 171 g/mol. The molecule has 0 aromatic heterocycles. The second-order valence-corrected chi connectivity index (χ2v) is 3.85. The normalized spacial score (nSPS) is 27.0. The number of aliphatic hydroxyl groups excluding tert-OH is 1. The second-order valence-electron chi connectivity index (χ2n) is 3.85. The van der Waals surface area contributed by atoms with Crippen LogP contribution in [0.1, 0.15) is 38.5 Å². The fraction of sp³-hybridized carbons (Fsp3) is 1.00. The Kier molecular flexibility index (Phi) is 4.62. The molecule has 0 amide bonds. The first-order chi connectivity index (χ1) is 5.84. The lowest BCUT2D eigenvalue weighted by molar-refractivity contribution is 0.208. The molecule has 12 heavy (non-hydrogen) atoms. The van der Waals surface area contributed by atoms with Gasteiger partial charge in [0.2, 0.25) is 0 Å². The third-order valence-electron chi connectivity index (χ3n) is 2.87. The summed E-state index contributed by atoms with van der Waals surface area (Å²) in [5.41, 5.74) is 0. The summed E-state index contributed by atoms with van der Waals surface area (Å²) >= 11 is 0. The zero-order chi connectivity index (χ0) is 8.81. The van der Waals surface area contributed by atoms with Crippen LogP contribution in [0, 0.1) is 0 Å². The van der Waals surface area contributed by atoms with E-state index in [1.165, 1.54) is 38.6 Å². The number of rotatable bonds is 3. The topological polar surface area (TPSA) is 23.5 Å². The van der Waals surface area contributed by atoms with Crippen LogP contribution in [0.15, 0.2) is 0 Å². The number of hydrogen-bond donors (Lipinski definition) is 1. The van der Waals surface area contributed by atoms with Gasteiger partial charge >= 0.3 is 0 Å². The van der Waals surface area contributed by atoms with E-state index in [2.05, 4.69) is 11.9 Å². The Hall–Kier alpha value is -0.0800. The standard InChI is InChI=1S/C10H21NO/c1-11-8-4-2-3-6-10(11)7-5-9-12/h10,12H,2-9H2,1H3. The quantitative estimate of drug-likeness (QED) is 0.697. The van der Waals surface area contributed by atoms with Crippen molar-refractivity contribution in [3.05, 3.63) is 0 Å². The number of hydrogen-bond acceptors (Lipinski definition) is 2. The van der Waals surface area contributed by atoms with Gasteiger partial charge in [0.25, 0.3) is 0 Å². The molecule has 0 aromatic rings. The lowest BCUT2D eigenvalue weighted by Gasteiger charge is -2.25. The van der Waals surface area contributed by atoms with Gasteiger partial charge in [-0.15, -0.1) is 0 Å². The van der Waals surface area contributed by atoms with Crippen molar-refractivity contribution in [3.8, 4) is 0 Å². The molecule has 1 rings (SSSR count). The van der Waals surface area contributed by atoms with Gasteiger partial charge in [0.15, 0.2) is 0 Å². The SMILES string of the molecule is CN1CCCCCC1CCCO. The minimum Gasteiger partial charge on any atom is -0.396 e. The maximum absolute atomic E-state index is 8.73. The summed E-state index contributed by atoms with van der Waals surface area (Å²) in [4.78, 5) is 2.46. The molecular formula is C10H21NO. The molecule has 0 aromatic carbocycles. The Bertz CT molecular complexity index is 116. The molecule has 2 nitrogen and oxygen atoms in total. The van der Waals surface area contributed by atoms with Crippen molar-refractivity contribution in [2.24, 2.45) is 0 Å². The van der Waals surface area contributed by atoms with E-state index in [1.807, 2.05) is 0 Å². The number of likely N-dealkylation sites (tertiary alicyclic amines) is 1. The van der Waals surface area contributed by atoms with Gasteiger partial charge in [-0.1, -0.05) is 12.8 Å².